The molecule has 2 bridgehead atoms. The Morgan fingerprint density at radius 3 is 2.73 bits per heavy atom. The van der Waals surface area contributed by atoms with Crippen molar-refractivity contribution in [2.45, 2.75) is 36.4 Å². The maximum atomic E-state index is 13.3. The molecule has 0 spiro atoms. The molecule has 2 saturated heterocycles. The van der Waals surface area contributed by atoms with Crippen molar-refractivity contribution in [3.8, 4) is 0 Å². The average molecular weight is 669 g/mol. The lowest BCUT2D eigenvalue weighted by atomic mass is 10.0. The lowest BCUT2D eigenvalue weighted by molar-refractivity contribution is -0.183. The summed E-state index contributed by atoms with van der Waals surface area (Å²) in [4.78, 5) is 55.2. The summed E-state index contributed by atoms with van der Waals surface area (Å²) in [5, 5.41) is 9.69. The molecule has 8 atom stereocenters. The topological polar surface area (TPSA) is 309 Å². The molecule has 0 aromatic carbocycles. The smallest absolute Gasteiger partial charge is 0.404 e. The number of fused-ring (bicyclic) bond motifs is 4. The molecule has 45 heavy (non-hydrogen) atoms. The number of rotatable bonds is 10. The van der Waals surface area contributed by atoms with Crippen LogP contribution in [0.3, 0.4) is 0 Å². The maximum absolute atomic E-state index is 13.3. The molecule has 0 aliphatic carbocycles. The van der Waals surface area contributed by atoms with Crippen LogP contribution in [-0.2, 0) is 36.9 Å². The van der Waals surface area contributed by atoms with Crippen LogP contribution in [0.1, 0.15) is 12.5 Å². The first-order valence-corrected chi connectivity index (χ1v) is 15.5. The number of phosphoric acid groups is 1. The number of anilines is 2. The van der Waals surface area contributed by atoms with Gasteiger partial charge < -0.3 is 35.3 Å². The van der Waals surface area contributed by atoms with E-state index in [4.69, 9.17) is 39.2 Å². The fraction of sp³-hybridized carbons (Fsp3) is 0.429. The lowest BCUT2D eigenvalue weighted by Crippen LogP contribution is -2.45. The summed E-state index contributed by atoms with van der Waals surface area (Å²) in [5.41, 5.74) is 9.65. The van der Waals surface area contributed by atoms with E-state index in [0.29, 0.717) is 0 Å². The third-order valence-corrected chi connectivity index (χ3v) is 8.62. The molecule has 3 aliphatic rings. The number of aromatic amines is 1. The summed E-state index contributed by atoms with van der Waals surface area (Å²) >= 11 is 0. The van der Waals surface area contributed by atoms with E-state index in [1.807, 2.05) is 0 Å². The van der Waals surface area contributed by atoms with Gasteiger partial charge in [-0.2, -0.15) is 4.98 Å². The maximum Gasteiger partial charge on any atom is 0.695 e. The van der Waals surface area contributed by atoms with E-state index >= 15 is 0 Å². The number of aliphatic hydroxyl groups excluding tert-OH is 1. The second-order valence-corrected chi connectivity index (χ2v) is 12.1. The molecule has 0 radical (unpaired) electrons. The van der Waals surface area contributed by atoms with Crippen molar-refractivity contribution >= 4 is 50.2 Å². The monoisotopic (exact) mass is 669 g/mol. The number of aliphatic hydroxyl groups is 1. The first kappa shape index (κ1) is 29.7. The van der Waals surface area contributed by atoms with Crippen LogP contribution in [0.2, 0.25) is 0 Å². The standard InChI is InChI=1S/C21H22N10O12P2/c22-14-10-15(25-5-24-14)30(6-26-10)19-12-13(42-44(34)35)21(41-19,3-38-12)4-39-45(36,37)43-9-1-8(2-32)40-18(9)31-7-27-11-16(31)28-20(23)29-17(11)33/h1,5-8,12-13,18-19,32H,2-4H2,(H6-,22,23,24,25,28,29,33,34,35,36,37)/p+1. The van der Waals surface area contributed by atoms with Gasteiger partial charge in [0, 0.05) is 4.57 Å². The number of nitrogen functional groups attached to an aromatic ring is 2. The molecule has 22 nitrogen and oxygen atoms in total. The summed E-state index contributed by atoms with van der Waals surface area (Å²) in [6.45, 7) is -1.50. The zero-order valence-corrected chi connectivity index (χ0v) is 24.3. The molecule has 8 N–H and O–H groups in total. The highest BCUT2D eigenvalue weighted by atomic mass is 31.2. The van der Waals surface area contributed by atoms with Crippen molar-refractivity contribution < 1.29 is 51.8 Å². The summed E-state index contributed by atoms with van der Waals surface area (Å²) in [6, 6.07) is 0. The van der Waals surface area contributed by atoms with E-state index in [1.54, 1.807) is 0 Å². The highest BCUT2D eigenvalue weighted by Gasteiger charge is 2.67. The Bertz CT molecular complexity index is 1970. The number of hydrogen-bond donors (Lipinski definition) is 6. The molecule has 8 unspecified atom stereocenters. The van der Waals surface area contributed by atoms with Gasteiger partial charge in [0.2, 0.25) is 5.95 Å². The van der Waals surface area contributed by atoms with Crippen LogP contribution >= 0.6 is 16.1 Å². The predicted octanol–water partition coefficient (Wildman–Crippen LogP) is -1.27. The minimum Gasteiger partial charge on any atom is -0.404 e. The van der Waals surface area contributed by atoms with E-state index in [2.05, 4.69) is 29.9 Å². The molecule has 7 heterocycles. The van der Waals surface area contributed by atoms with Gasteiger partial charge in [0.25, 0.3) is 5.56 Å². The quantitative estimate of drug-likeness (QED) is 0.107. The van der Waals surface area contributed by atoms with Crippen LogP contribution in [0.4, 0.5) is 11.8 Å². The first-order valence-electron chi connectivity index (χ1n) is 12.9. The van der Waals surface area contributed by atoms with Crippen molar-refractivity contribution in [1.82, 2.24) is 39.0 Å². The average Bonchev–Trinajstić information content (AvgIpc) is 3.80. The zero-order valence-electron chi connectivity index (χ0n) is 22.5. The van der Waals surface area contributed by atoms with Crippen molar-refractivity contribution in [2.75, 3.05) is 31.3 Å². The normalized spacial score (nSPS) is 29.4. The van der Waals surface area contributed by atoms with Gasteiger partial charge in [0.1, 0.15) is 24.1 Å². The summed E-state index contributed by atoms with van der Waals surface area (Å²) in [7, 11) is -8.20. The molecular weight excluding hydrogens is 646 g/mol. The first-order chi connectivity index (χ1) is 21.5. The fourth-order valence-corrected chi connectivity index (χ4v) is 6.76. The van der Waals surface area contributed by atoms with Crippen LogP contribution in [0.15, 0.2) is 35.6 Å². The highest BCUT2D eigenvalue weighted by Crippen LogP contribution is 2.54. The Hall–Kier alpha value is -3.95. The van der Waals surface area contributed by atoms with Gasteiger partial charge in [-0.1, -0.05) is 0 Å². The number of ether oxygens (including phenoxy) is 3. The van der Waals surface area contributed by atoms with E-state index in [-0.39, 0.29) is 46.5 Å². The summed E-state index contributed by atoms with van der Waals surface area (Å²) in [5.74, 6) is -0.399. The zero-order chi connectivity index (χ0) is 31.7. The minimum absolute atomic E-state index is 0.0291. The van der Waals surface area contributed by atoms with Crippen LogP contribution in [0.25, 0.3) is 22.3 Å². The van der Waals surface area contributed by atoms with E-state index in [1.165, 1.54) is 34.2 Å². The molecule has 4 aromatic rings. The van der Waals surface area contributed by atoms with E-state index < -0.39 is 71.2 Å². The van der Waals surface area contributed by atoms with Gasteiger partial charge >= 0.3 is 16.1 Å². The second kappa shape index (κ2) is 10.8. The molecule has 2 fully saturated rings. The van der Waals surface area contributed by atoms with Crippen molar-refractivity contribution in [3.05, 3.63) is 41.2 Å². The fourth-order valence-electron chi connectivity index (χ4n) is 5.41. The predicted molar refractivity (Wildman–Crippen MR) is 146 cm³/mol. The molecule has 3 aliphatic heterocycles. The van der Waals surface area contributed by atoms with Gasteiger partial charge in [-0.25, -0.2) is 24.5 Å². The molecule has 24 heteroatoms. The summed E-state index contributed by atoms with van der Waals surface area (Å²) < 4.78 is 61.3. The number of imidazole rings is 2. The Labute approximate surface area is 250 Å². The van der Waals surface area contributed by atoms with Gasteiger partial charge in [-0.05, 0) is 6.08 Å². The molecule has 0 saturated carbocycles. The molecule has 7 rings (SSSR count). The van der Waals surface area contributed by atoms with Gasteiger partial charge in [-0.15, -0.1) is 9.42 Å². The number of nitrogens with two attached hydrogens (primary N) is 2. The second-order valence-electron chi connectivity index (χ2n) is 10.1. The number of nitrogens with one attached hydrogen (secondary N) is 1. The number of phosphoric ester groups is 1. The number of aromatic nitrogens is 8. The lowest BCUT2D eigenvalue weighted by Gasteiger charge is -2.31. The van der Waals surface area contributed by atoms with Crippen LogP contribution in [-0.4, -0.2) is 97.7 Å². The van der Waals surface area contributed by atoms with E-state index in [9.17, 15) is 28.8 Å². The summed E-state index contributed by atoms with van der Waals surface area (Å²) in [6.07, 6.45) is -0.590. The Morgan fingerprint density at radius 1 is 1.18 bits per heavy atom. The van der Waals surface area contributed by atoms with Crippen molar-refractivity contribution in [2.24, 2.45) is 0 Å². The number of H-pyrrole nitrogens is 1. The third kappa shape index (κ3) is 5.06. The van der Waals surface area contributed by atoms with E-state index in [0.717, 1.165) is 0 Å². The van der Waals surface area contributed by atoms with Crippen molar-refractivity contribution in [1.29, 1.82) is 0 Å². The number of nitrogens with zero attached hydrogens (tertiary/aromatic N) is 7. The number of hydrogen-bond acceptors (Lipinski definition) is 17. The Morgan fingerprint density at radius 2 is 1.96 bits per heavy atom. The van der Waals surface area contributed by atoms with Crippen LogP contribution in [0.5, 0.6) is 0 Å². The van der Waals surface area contributed by atoms with Gasteiger partial charge in [0.05, 0.1) is 32.5 Å². The third-order valence-electron chi connectivity index (χ3n) is 7.31. The molecule has 4 aromatic heterocycles. The molecular formula is C21H23N10O12P2+. The molecule has 0 amide bonds. The Balaban J connectivity index is 1.14. The largest absolute Gasteiger partial charge is 0.695 e. The molecule has 238 valence electrons. The van der Waals surface area contributed by atoms with Gasteiger partial charge in [0.15, 0.2) is 52.5 Å². The van der Waals surface area contributed by atoms with Crippen LogP contribution in [0, 0.1) is 0 Å². The van der Waals surface area contributed by atoms with Crippen molar-refractivity contribution in [3.63, 3.8) is 0 Å². The van der Waals surface area contributed by atoms with Gasteiger partial charge in [-0.3, -0.25) is 28.3 Å². The van der Waals surface area contributed by atoms with Crippen LogP contribution < -0.4 is 17.0 Å². The SMILES string of the molecule is Nc1nc2c(ncn2C2OC(CO)C=C2OP(=O)(O)OCC23COC(C(n4cnc5c(N)ncnc54)O2)C3O[P+](=O)O)c(=O)[nH]1. The minimum atomic E-state index is -5.03. The Kier molecular flexibility index (Phi) is 7.17. The highest BCUT2D eigenvalue weighted by molar-refractivity contribution is 7.47.